The zero-order valence-electron chi connectivity index (χ0n) is 13.4. The van der Waals surface area contributed by atoms with E-state index in [-0.39, 0.29) is 12.5 Å². The first kappa shape index (κ1) is 17.8. The number of hydrazone groups is 1. The minimum atomic E-state index is -0.248. The van der Waals surface area contributed by atoms with Crippen LogP contribution in [0.1, 0.15) is 5.56 Å². The summed E-state index contributed by atoms with van der Waals surface area (Å²) in [5.74, 6) is 0.997. The van der Waals surface area contributed by atoms with E-state index in [9.17, 15) is 4.79 Å². The molecule has 0 atom stereocenters. The number of benzene rings is 2. The van der Waals surface area contributed by atoms with Crippen molar-refractivity contribution in [2.75, 3.05) is 26.1 Å². The summed E-state index contributed by atoms with van der Waals surface area (Å²) in [5, 5.41) is 6.96. The average Bonchev–Trinajstić information content (AvgIpc) is 2.61. The van der Waals surface area contributed by atoms with Gasteiger partial charge < -0.3 is 14.8 Å². The van der Waals surface area contributed by atoms with Crippen molar-refractivity contribution in [1.29, 1.82) is 0 Å². The Morgan fingerprint density at radius 3 is 2.54 bits per heavy atom. The highest BCUT2D eigenvalue weighted by molar-refractivity contribution is 9.10. The Hall–Kier alpha value is -2.54. The van der Waals surface area contributed by atoms with Crippen molar-refractivity contribution in [3.63, 3.8) is 0 Å². The molecule has 126 valence electrons. The van der Waals surface area contributed by atoms with Crippen LogP contribution >= 0.6 is 15.9 Å². The maximum atomic E-state index is 11.8. The number of ether oxygens (including phenoxy) is 2. The zero-order valence-corrected chi connectivity index (χ0v) is 15.0. The van der Waals surface area contributed by atoms with E-state index in [2.05, 4.69) is 31.8 Å². The Labute approximate surface area is 149 Å². The number of methoxy groups -OCH3 is 2. The van der Waals surface area contributed by atoms with Crippen molar-refractivity contribution < 1.29 is 14.3 Å². The Morgan fingerprint density at radius 2 is 1.88 bits per heavy atom. The van der Waals surface area contributed by atoms with Gasteiger partial charge in [-0.15, -0.1) is 0 Å². The lowest BCUT2D eigenvalue weighted by Crippen LogP contribution is -2.25. The number of nitrogens with zero attached hydrogens (tertiary/aromatic N) is 1. The van der Waals surface area contributed by atoms with Crippen LogP contribution < -0.4 is 20.2 Å². The summed E-state index contributed by atoms with van der Waals surface area (Å²) in [7, 11) is 3.13. The van der Waals surface area contributed by atoms with Crippen LogP contribution in [0, 0.1) is 0 Å². The second-order valence-corrected chi connectivity index (χ2v) is 5.60. The largest absolute Gasteiger partial charge is 0.496 e. The number of hydrogen-bond acceptors (Lipinski definition) is 5. The molecule has 0 fully saturated rings. The number of carbonyl (C=O) groups excluding carboxylic acids is 1. The van der Waals surface area contributed by atoms with Gasteiger partial charge in [-0.05, 0) is 34.1 Å². The van der Waals surface area contributed by atoms with Crippen molar-refractivity contribution >= 4 is 33.7 Å². The van der Waals surface area contributed by atoms with Crippen molar-refractivity contribution in [2.45, 2.75) is 0 Å². The number of para-hydroxylation sites is 1. The number of amides is 1. The molecule has 0 saturated carbocycles. The van der Waals surface area contributed by atoms with Gasteiger partial charge in [-0.3, -0.25) is 4.79 Å². The van der Waals surface area contributed by atoms with E-state index >= 15 is 0 Å². The van der Waals surface area contributed by atoms with E-state index < -0.39 is 0 Å². The van der Waals surface area contributed by atoms with Crippen molar-refractivity contribution in [1.82, 2.24) is 5.43 Å². The van der Waals surface area contributed by atoms with Gasteiger partial charge in [0, 0.05) is 17.3 Å². The Kier molecular flexibility index (Phi) is 6.62. The van der Waals surface area contributed by atoms with Crippen LogP contribution in [0.3, 0.4) is 0 Å². The minimum absolute atomic E-state index is 0.130. The number of nitrogens with one attached hydrogen (secondary N) is 2. The highest BCUT2D eigenvalue weighted by Crippen LogP contribution is 2.31. The molecule has 0 radical (unpaired) electrons. The van der Waals surface area contributed by atoms with Gasteiger partial charge in [0.15, 0.2) is 0 Å². The predicted octanol–water partition coefficient (Wildman–Crippen LogP) is 3.03. The molecule has 0 aliphatic heterocycles. The molecular weight excluding hydrogens is 374 g/mol. The molecule has 0 heterocycles. The third kappa shape index (κ3) is 4.99. The van der Waals surface area contributed by atoms with Gasteiger partial charge in [0.2, 0.25) is 0 Å². The van der Waals surface area contributed by atoms with Gasteiger partial charge in [0.05, 0.1) is 31.5 Å². The Balaban J connectivity index is 1.93. The summed E-state index contributed by atoms with van der Waals surface area (Å²) in [6, 6.07) is 13.0. The quantitative estimate of drug-likeness (QED) is 0.561. The van der Waals surface area contributed by atoms with Crippen LogP contribution in [0.5, 0.6) is 11.5 Å². The van der Waals surface area contributed by atoms with Crippen LogP contribution in [0.15, 0.2) is 52.0 Å². The molecule has 0 aliphatic rings. The van der Waals surface area contributed by atoms with Crippen molar-refractivity contribution in [3.05, 3.63) is 52.5 Å². The van der Waals surface area contributed by atoms with E-state index in [1.165, 1.54) is 6.21 Å². The standard InChI is InChI=1S/C17H18BrN3O3/c1-23-15-9-16(24-2)14(18)8-12(15)10-20-21-17(22)11-19-13-6-4-3-5-7-13/h3-10,19H,11H2,1-2H3,(H,21,22)/b20-10+. The molecule has 0 aromatic heterocycles. The van der Waals surface area contributed by atoms with Gasteiger partial charge in [0.25, 0.3) is 5.91 Å². The van der Waals surface area contributed by atoms with Gasteiger partial charge in [0.1, 0.15) is 11.5 Å². The van der Waals surface area contributed by atoms with E-state index in [1.807, 2.05) is 30.3 Å². The smallest absolute Gasteiger partial charge is 0.259 e. The molecule has 24 heavy (non-hydrogen) atoms. The van der Waals surface area contributed by atoms with Gasteiger partial charge >= 0.3 is 0 Å². The second kappa shape index (κ2) is 8.93. The van der Waals surface area contributed by atoms with E-state index in [1.54, 1.807) is 26.4 Å². The normalized spacial score (nSPS) is 10.5. The lowest BCUT2D eigenvalue weighted by Gasteiger charge is -2.09. The number of hydrogen-bond donors (Lipinski definition) is 2. The van der Waals surface area contributed by atoms with Crippen LogP contribution in [0.2, 0.25) is 0 Å². The summed E-state index contributed by atoms with van der Waals surface area (Å²) in [6.07, 6.45) is 1.52. The first-order chi connectivity index (χ1) is 11.6. The summed E-state index contributed by atoms with van der Waals surface area (Å²) in [5.41, 5.74) is 4.05. The average molecular weight is 392 g/mol. The maximum Gasteiger partial charge on any atom is 0.259 e. The molecule has 2 N–H and O–H groups in total. The molecular formula is C17H18BrN3O3. The fourth-order valence-corrected chi connectivity index (χ4v) is 2.46. The fourth-order valence-electron chi connectivity index (χ4n) is 1.94. The predicted molar refractivity (Wildman–Crippen MR) is 97.9 cm³/mol. The van der Waals surface area contributed by atoms with E-state index in [0.717, 1.165) is 10.2 Å². The molecule has 0 bridgehead atoms. The fraction of sp³-hybridized carbons (Fsp3) is 0.176. The molecule has 7 heteroatoms. The lowest BCUT2D eigenvalue weighted by molar-refractivity contribution is -0.119. The highest BCUT2D eigenvalue weighted by Gasteiger charge is 2.08. The van der Waals surface area contributed by atoms with Crippen molar-refractivity contribution in [2.24, 2.45) is 5.10 Å². The highest BCUT2D eigenvalue weighted by atomic mass is 79.9. The van der Waals surface area contributed by atoms with Crippen LogP contribution in [0.4, 0.5) is 5.69 Å². The number of halogens is 1. The molecule has 0 saturated heterocycles. The van der Waals surface area contributed by atoms with Gasteiger partial charge in [-0.25, -0.2) is 5.43 Å². The maximum absolute atomic E-state index is 11.8. The second-order valence-electron chi connectivity index (χ2n) is 4.74. The monoisotopic (exact) mass is 391 g/mol. The molecule has 2 rings (SSSR count). The minimum Gasteiger partial charge on any atom is -0.496 e. The Morgan fingerprint density at radius 1 is 1.17 bits per heavy atom. The molecule has 2 aromatic rings. The summed E-state index contributed by atoms with van der Waals surface area (Å²) >= 11 is 3.40. The number of rotatable bonds is 7. The van der Waals surface area contributed by atoms with Crippen LogP contribution in [-0.4, -0.2) is 32.9 Å². The van der Waals surface area contributed by atoms with Crippen molar-refractivity contribution in [3.8, 4) is 11.5 Å². The summed E-state index contributed by atoms with van der Waals surface area (Å²) < 4.78 is 11.3. The molecule has 0 spiro atoms. The van der Waals surface area contributed by atoms with Gasteiger partial charge in [-0.2, -0.15) is 5.10 Å². The first-order valence-corrected chi connectivity index (χ1v) is 7.95. The molecule has 6 nitrogen and oxygen atoms in total. The van der Waals surface area contributed by atoms with E-state index in [0.29, 0.717) is 17.1 Å². The molecule has 1 amide bonds. The third-order valence-corrected chi connectivity index (χ3v) is 3.74. The SMILES string of the molecule is COc1cc(OC)c(/C=N/NC(=O)CNc2ccccc2)cc1Br. The molecule has 0 unspecified atom stereocenters. The van der Waals surface area contributed by atoms with E-state index in [4.69, 9.17) is 9.47 Å². The number of carbonyl (C=O) groups is 1. The summed E-state index contributed by atoms with van der Waals surface area (Å²) in [6.45, 7) is 0.130. The van der Waals surface area contributed by atoms with Gasteiger partial charge in [-0.1, -0.05) is 18.2 Å². The zero-order chi connectivity index (χ0) is 17.4. The van der Waals surface area contributed by atoms with Crippen LogP contribution in [-0.2, 0) is 4.79 Å². The molecule has 0 aliphatic carbocycles. The molecule has 2 aromatic carbocycles. The summed E-state index contributed by atoms with van der Waals surface area (Å²) in [4.78, 5) is 11.8. The number of anilines is 1. The topological polar surface area (TPSA) is 72.0 Å². The Bertz CT molecular complexity index is 721. The third-order valence-electron chi connectivity index (χ3n) is 3.12. The lowest BCUT2D eigenvalue weighted by atomic mass is 10.2. The van der Waals surface area contributed by atoms with Crippen LogP contribution in [0.25, 0.3) is 0 Å². The first-order valence-electron chi connectivity index (χ1n) is 7.16.